The summed E-state index contributed by atoms with van der Waals surface area (Å²) in [6.07, 6.45) is -2.17. The third kappa shape index (κ3) is 3.66. The highest BCUT2D eigenvalue weighted by Gasteiger charge is 2.40. The molecule has 0 spiro atoms. The van der Waals surface area contributed by atoms with Gasteiger partial charge in [0.1, 0.15) is 5.75 Å². The Hall–Kier alpha value is -2.80. The van der Waals surface area contributed by atoms with Gasteiger partial charge in [0.15, 0.2) is 6.08 Å². The van der Waals surface area contributed by atoms with Gasteiger partial charge in [0, 0.05) is 5.56 Å². The van der Waals surface area contributed by atoms with Gasteiger partial charge in [-0.2, -0.15) is 8.42 Å². The van der Waals surface area contributed by atoms with Crippen molar-refractivity contribution in [3.63, 3.8) is 0 Å². The molecule has 0 aliphatic carbocycles. The van der Waals surface area contributed by atoms with Crippen molar-refractivity contribution in [1.29, 1.82) is 0 Å². The van der Waals surface area contributed by atoms with Crippen LogP contribution in [0.3, 0.4) is 0 Å². The normalized spacial score (nSPS) is 21.0. The van der Waals surface area contributed by atoms with Gasteiger partial charge in [-0.1, -0.05) is 54.6 Å². The number of hydrogen-bond acceptors (Lipinski definition) is 6. The van der Waals surface area contributed by atoms with Crippen molar-refractivity contribution in [1.82, 2.24) is 0 Å². The number of Topliss-reactive ketones (excluding diaryl/α,β-unsaturated/α-hetero) is 1. The lowest BCUT2D eigenvalue weighted by Crippen LogP contribution is -2.16. The number of aryl methyl sites for hydroxylation is 1. The van der Waals surface area contributed by atoms with E-state index in [9.17, 15) is 13.2 Å². The average Bonchev–Trinajstić information content (AvgIpc) is 2.79. The van der Waals surface area contributed by atoms with Gasteiger partial charge in [-0.25, -0.2) is 0 Å². The molecule has 0 saturated carbocycles. The number of nitrogens with two attached hydrogens (primary N) is 1. The molecule has 0 radical (unpaired) electrons. The van der Waals surface area contributed by atoms with E-state index in [2.05, 4.69) is 0 Å². The molecule has 1 aliphatic rings. The van der Waals surface area contributed by atoms with E-state index in [1.54, 1.807) is 61.5 Å². The molecule has 3 rings (SSSR count). The van der Waals surface area contributed by atoms with Gasteiger partial charge >= 0.3 is 10.1 Å². The van der Waals surface area contributed by atoms with Crippen molar-refractivity contribution >= 4 is 15.9 Å². The molecule has 7 heteroatoms. The molecule has 0 fully saturated rings. The van der Waals surface area contributed by atoms with Gasteiger partial charge in [0.05, 0.1) is 1.37 Å². The molecule has 1 aliphatic heterocycles. The molecule has 2 aromatic rings. The standard InChI is InChI=1S/C18H17NO5S/c1-12-7-5-6-10-14(12)16-15(20)17(18(19)23-16)24-25(21,22)11-13-8-3-2-4-9-13/h2-10,16H,11,19H2,1H3/i16D. The molecule has 2 N–H and O–H groups in total. The van der Waals surface area contributed by atoms with Crippen molar-refractivity contribution in [3.8, 4) is 0 Å². The molecule has 1 heterocycles. The summed E-state index contributed by atoms with van der Waals surface area (Å²) >= 11 is 0. The summed E-state index contributed by atoms with van der Waals surface area (Å²) in [6, 6.07) is 15.0. The van der Waals surface area contributed by atoms with Gasteiger partial charge in [-0.15, -0.1) is 0 Å². The minimum atomic E-state index is -4.15. The quantitative estimate of drug-likeness (QED) is 0.822. The fraction of sp³-hybridized carbons (Fsp3) is 0.167. The van der Waals surface area contributed by atoms with E-state index in [-0.39, 0.29) is 5.56 Å². The maximum Gasteiger partial charge on any atom is 0.313 e. The van der Waals surface area contributed by atoms with E-state index in [4.69, 9.17) is 16.0 Å². The Morgan fingerprint density at radius 3 is 2.48 bits per heavy atom. The monoisotopic (exact) mass is 360 g/mol. The Kier molecular flexibility index (Phi) is 4.15. The SMILES string of the molecule is [2H]C1(c2ccccc2C)OC(N)=C(OS(=O)(=O)Cc2ccccc2)C1=O. The number of ketones is 1. The Morgan fingerprint density at radius 2 is 1.80 bits per heavy atom. The van der Waals surface area contributed by atoms with Gasteiger partial charge in [-0.3, -0.25) is 4.79 Å². The topological polar surface area (TPSA) is 95.7 Å². The van der Waals surface area contributed by atoms with Gasteiger partial charge in [0.2, 0.25) is 17.4 Å². The molecule has 0 amide bonds. The smallest absolute Gasteiger partial charge is 0.313 e. The van der Waals surface area contributed by atoms with Crippen LogP contribution in [0.5, 0.6) is 0 Å². The van der Waals surface area contributed by atoms with Crippen LogP contribution in [0, 0.1) is 6.92 Å². The van der Waals surface area contributed by atoms with Gasteiger partial charge < -0.3 is 14.7 Å². The van der Waals surface area contributed by atoms with E-state index >= 15 is 0 Å². The van der Waals surface area contributed by atoms with Crippen LogP contribution in [0.1, 0.15) is 24.1 Å². The first-order valence-corrected chi connectivity index (χ1v) is 9.06. The maximum absolute atomic E-state index is 12.7. The summed E-state index contributed by atoms with van der Waals surface area (Å²) in [5.74, 6) is -2.59. The fourth-order valence-electron chi connectivity index (χ4n) is 2.44. The Labute approximate surface area is 147 Å². The lowest BCUT2D eigenvalue weighted by atomic mass is 10.0. The van der Waals surface area contributed by atoms with Crippen LogP contribution in [0.25, 0.3) is 0 Å². The van der Waals surface area contributed by atoms with Crippen LogP contribution in [-0.4, -0.2) is 14.2 Å². The number of carbonyl (C=O) groups excluding carboxylic acids is 1. The second-order valence-corrected chi connectivity index (χ2v) is 7.11. The van der Waals surface area contributed by atoms with Crippen LogP contribution in [0.2, 0.25) is 0 Å². The molecule has 1 atom stereocenters. The van der Waals surface area contributed by atoms with Crippen molar-refractivity contribution < 1.29 is 23.5 Å². The zero-order valence-corrected chi connectivity index (χ0v) is 14.2. The van der Waals surface area contributed by atoms with E-state index in [0.717, 1.165) is 0 Å². The predicted molar refractivity (Wildman–Crippen MR) is 91.4 cm³/mol. The highest BCUT2D eigenvalue weighted by molar-refractivity contribution is 7.86. The number of ether oxygens (including phenoxy) is 1. The van der Waals surface area contributed by atoms with E-state index in [0.29, 0.717) is 11.1 Å². The lowest BCUT2D eigenvalue weighted by Gasteiger charge is -2.12. The van der Waals surface area contributed by atoms with Gasteiger partial charge in [-0.05, 0) is 18.1 Å². The van der Waals surface area contributed by atoms with Gasteiger partial charge in [0.25, 0.3) is 0 Å². The van der Waals surface area contributed by atoms with Crippen LogP contribution >= 0.6 is 0 Å². The highest BCUT2D eigenvalue weighted by Crippen LogP contribution is 2.34. The zero-order chi connectivity index (χ0) is 18.9. The van der Waals surface area contributed by atoms with Crippen molar-refractivity contribution in [2.75, 3.05) is 0 Å². The summed E-state index contributed by atoms with van der Waals surface area (Å²) < 4.78 is 43.1. The largest absolute Gasteiger partial charge is 0.460 e. The average molecular weight is 360 g/mol. The zero-order valence-electron chi connectivity index (χ0n) is 14.4. The molecule has 130 valence electrons. The number of carbonyl (C=O) groups is 1. The van der Waals surface area contributed by atoms with Crippen molar-refractivity contribution in [3.05, 3.63) is 82.9 Å². The molecule has 25 heavy (non-hydrogen) atoms. The van der Waals surface area contributed by atoms with Crippen LogP contribution < -0.4 is 5.73 Å². The molecule has 1 unspecified atom stereocenters. The molecule has 6 nitrogen and oxygen atoms in total. The molecule has 0 aromatic heterocycles. The maximum atomic E-state index is 12.7. The second kappa shape index (κ2) is 6.60. The molecular formula is C18H17NO5S. The first-order valence-electron chi connectivity index (χ1n) is 7.99. The third-order valence-electron chi connectivity index (χ3n) is 3.63. The van der Waals surface area contributed by atoms with Crippen molar-refractivity contribution in [2.45, 2.75) is 18.8 Å². The Balaban J connectivity index is 1.86. The molecular weight excluding hydrogens is 342 g/mol. The Bertz CT molecular complexity index is 988. The predicted octanol–water partition coefficient (Wildman–Crippen LogP) is 2.31. The fourth-order valence-corrected chi connectivity index (χ4v) is 3.51. The summed E-state index contributed by atoms with van der Waals surface area (Å²) in [7, 11) is -4.15. The summed E-state index contributed by atoms with van der Waals surface area (Å²) in [6.45, 7) is 1.71. The van der Waals surface area contributed by atoms with Crippen LogP contribution in [0.4, 0.5) is 0 Å². The van der Waals surface area contributed by atoms with E-state index < -0.39 is 39.4 Å². The minimum Gasteiger partial charge on any atom is -0.460 e. The molecule has 0 bridgehead atoms. The summed E-state index contributed by atoms with van der Waals surface area (Å²) in [5.41, 5.74) is 7.06. The number of benzene rings is 2. The number of rotatable bonds is 5. The first-order chi connectivity index (χ1) is 12.2. The third-order valence-corrected chi connectivity index (χ3v) is 4.74. The summed E-state index contributed by atoms with van der Waals surface area (Å²) in [5, 5.41) is 0. The molecule has 2 aromatic carbocycles. The second-order valence-electron chi connectivity index (χ2n) is 5.54. The van der Waals surface area contributed by atoms with E-state index in [1.807, 2.05) is 0 Å². The Morgan fingerprint density at radius 1 is 1.16 bits per heavy atom. The van der Waals surface area contributed by atoms with Crippen LogP contribution in [0.15, 0.2) is 66.2 Å². The molecule has 0 saturated heterocycles. The first kappa shape index (κ1) is 15.7. The number of hydrogen-bond donors (Lipinski definition) is 1. The lowest BCUT2D eigenvalue weighted by molar-refractivity contribution is -0.123. The minimum absolute atomic E-state index is 0.270. The van der Waals surface area contributed by atoms with Crippen molar-refractivity contribution in [2.24, 2.45) is 5.73 Å². The van der Waals surface area contributed by atoms with Crippen LogP contribution in [-0.2, 0) is 29.6 Å². The van der Waals surface area contributed by atoms with E-state index in [1.165, 1.54) is 0 Å². The summed E-state index contributed by atoms with van der Waals surface area (Å²) in [4.78, 5) is 12.7. The highest BCUT2D eigenvalue weighted by atomic mass is 32.2.